The third-order valence-electron chi connectivity index (χ3n) is 3.10. The molecule has 0 saturated heterocycles. The van der Waals surface area contributed by atoms with Crippen molar-refractivity contribution in [1.29, 1.82) is 0 Å². The van der Waals surface area contributed by atoms with Crippen LogP contribution in [0.4, 0.5) is 4.79 Å². The van der Waals surface area contributed by atoms with Crippen LogP contribution in [-0.4, -0.2) is 57.1 Å². The number of hydrogen-bond donors (Lipinski definition) is 1. The highest BCUT2D eigenvalue weighted by Gasteiger charge is 2.15. The monoisotopic (exact) mass is 410 g/mol. The van der Waals surface area contributed by atoms with Gasteiger partial charge in [-0.05, 0) is 38.3 Å². The van der Waals surface area contributed by atoms with Crippen LogP contribution in [0, 0.1) is 6.57 Å². The van der Waals surface area contributed by atoms with E-state index in [0.29, 0.717) is 45.4 Å². The number of unbranched alkanes of at least 4 members (excludes halogenated alkanes) is 1. The average Bonchev–Trinajstić information content (AvgIpc) is 2.65. The number of nitrogens with one attached hydrogen (secondary N) is 1. The fraction of sp³-hybridized carbons (Fsp3) is 0.667. The van der Waals surface area contributed by atoms with Gasteiger partial charge < -0.3 is 24.3 Å². The van der Waals surface area contributed by atoms with Crippen molar-refractivity contribution in [2.45, 2.75) is 53.1 Å². The molecule has 0 atom stereocenters. The van der Waals surface area contributed by atoms with Gasteiger partial charge in [-0.3, -0.25) is 0 Å². The number of amides is 1. The molecule has 164 valence electrons. The maximum atomic E-state index is 11.4. The molecule has 0 heterocycles. The van der Waals surface area contributed by atoms with Crippen molar-refractivity contribution < 1.29 is 23.7 Å². The van der Waals surface area contributed by atoms with Gasteiger partial charge in [0.25, 0.3) is 0 Å². The number of hydrogen-bond acceptors (Lipinski definition) is 6. The van der Waals surface area contributed by atoms with E-state index in [-0.39, 0.29) is 0 Å². The number of amidine groups is 1. The van der Waals surface area contributed by atoms with Gasteiger partial charge in [0.1, 0.15) is 30.7 Å². The number of nitrogens with zero attached hydrogens (tertiary/aromatic N) is 2. The van der Waals surface area contributed by atoms with Gasteiger partial charge in [0, 0.05) is 12.6 Å². The lowest BCUT2D eigenvalue weighted by atomic mass is 10.2. The smallest absolute Gasteiger partial charge is 0.407 e. The molecular weight excluding hydrogens is 374 g/mol. The minimum atomic E-state index is -0.505. The molecule has 1 amide bonds. The molecule has 0 aliphatic heterocycles. The summed E-state index contributed by atoms with van der Waals surface area (Å²) in [6.07, 6.45) is 6.86. The summed E-state index contributed by atoms with van der Waals surface area (Å²) < 4.78 is 21.7. The highest BCUT2D eigenvalue weighted by molar-refractivity contribution is 5.89. The Labute approximate surface area is 174 Å². The second kappa shape index (κ2) is 16.6. The Morgan fingerprint density at radius 1 is 1.14 bits per heavy atom. The molecule has 8 nitrogen and oxygen atoms in total. The summed E-state index contributed by atoms with van der Waals surface area (Å²) in [4.78, 5) is 19.0. The molecule has 0 radical (unpaired) electrons. The molecule has 29 heavy (non-hydrogen) atoms. The molecule has 0 saturated carbocycles. The lowest BCUT2D eigenvalue weighted by Gasteiger charge is -2.19. The van der Waals surface area contributed by atoms with Gasteiger partial charge in [-0.15, -0.1) is 0 Å². The van der Waals surface area contributed by atoms with E-state index in [9.17, 15) is 4.79 Å². The van der Waals surface area contributed by atoms with Crippen LogP contribution in [-0.2, 0) is 18.9 Å². The summed E-state index contributed by atoms with van der Waals surface area (Å²) in [7, 11) is 0. The van der Waals surface area contributed by atoms with Gasteiger partial charge in [0.15, 0.2) is 0 Å². The van der Waals surface area contributed by atoms with Crippen LogP contribution < -0.4 is 5.32 Å². The maximum Gasteiger partial charge on any atom is 0.407 e. The number of ether oxygens (including phenoxy) is 4. The Hall–Kier alpha value is -2.37. The maximum absolute atomic E-state index is 11.4. The molecule has 0 aliphatic carbocycles. The summed E-state index contributed by atoms with van der Waals surface area (Å²) in [5.41, 5.74) is -0.505. The van der Waals surface area contributed by atoms with E-state index < -0.39 is 11.7 Å². The highest BCUT2D eigenvalue weighted by Crippen LogP contribution is 2.06. The molecule has 1 N–H and O–H groups in total. The number of carbonyl (C=O) groups is 1. The van der Waals surface area contributed by atoms with E-state index in [1.54, 1.807) is 19.2 Å². The second-order valence-corrected chi connectivity index (χ2v) is 7.02. The SMILES string of the molecule is C#[N+]C(C)=N/C=C\C(=C\CCC)OCCOCCOCCNC(=O)OC(C)(C)C. The van der Waals surface area contributed by atoms with Gasteiger partial charge in [-0.1, -0.05) is 13.3 Å². The summed E-state index contributed by atoms with van der Waals surface area (Å²) in [5, 5.41) is 2.63. The van der Waals surface area contributed by atoms with Crippen molar-refractivity contribution in [1.82, 2.24) is 5.32 Å². The fourth-order valence-corrected chi connectivity index (χ4v) is 1.79. The Morgan fingerprint density at radius 3 is 2.41 bits per heavy atom. The molecule has 0 aromatic heterocycles. The van der Waals surface area contributed by atoms with E-state index in [4.69, 9.17) is 25.5 Å². The summed E-state index contributed by atoms with van der Waals surface area (Å²) in [5.74, 6) is 1.22. The minimum Gasteiger partial charge on any atom is -0.491 e. The van der Waals surface area contributed by atoms with Crippen molar-refractivity contribution in [3.8, 4) is 6.57 Å². The van der Waals surface area contributed by atoms with Crippen LogP contribution in [0.2, 0.25) is 0 Å². The summed E-state index contributed by atoms with van der Waals surface area (Å²) in [6.45, 7) is 16.9. The van der Waals surface area contributed by atoms with Gasteiger partial charge in [0.2, 0.25) is 0 Å². The summed E-state index contributed by atoms with van der Waals surface area (Å²) in [6, 6.07) is 0. The van der Waals surface area contributed by atoms with Crippen molar-refractivity contribution in [2.24, 2.45) is 4.99 Å². The Balaban J connectivity index is 3.82. The standard InChI is InChI=1S/C21H35N3O5/c1-7-8-9-19(10-11-23-18(2)22-6)28-17-16-27-15-14-26-13-12-24-20(25)29-21(3,4)5/h6,9-11H,7-8,12-17H2,1-5H3/p+1/b11-10-,19-9-,23-18?. The lowest BCUT2D eigenvalue weighted by Crippen LogP contribution is -2.34. The molecule has 0 rings (SSSR count). The zero-order chi connectivity index (χ0) is 22.0. The van der Waals surface area contributed by atoms with Crippen LogP contribution in [0.1, 0.15) is 47.5 Å². The third kappa shape index (κ3) is 18.7. The normalized spacial score (nSPS) is 12.7. The first-order valence-corrected chi connectivity index (χ1v) is 9.85. The van der Waals surface area contributed by atoms with Crippen LogP contribution in [0.5, 0.6) is 0 Å². The molecule has 0 fully saturated rings. The van der Waals surface area contributed by atoms with E-state index in [0.717, 1.165) is 18.6 Å². The van der Waals surface area contributed by atoms with Gasteiger partial charge >= 0.3 is 11.9 Å². The zero-order valence-corrected chi connectivity index (χ0v) is 18.4. The van der Waals surface area contributed by atoms with Crippen LogP contribution in [0.15, 0.2) is 29.1 Å². The summed E-state index contributed by atoms with van der Waals surface area (Å²) >= 11 is 0. The molecule has 0 bridgehead atoms. The first-order chi connectivity index (χ1) is 13.8. The van der Waals surface area contributed by atoms with Gasteiger partial charge in [-0.25, -0.2) is 4.79 Å². The van der Waals surface area contributed by atoms with Crippen molar-refractivity contribution in [3.05, 3.63) is 29.0 Å². The van der Waals surface area contributed by atoms with Crippen LogP contribution in [0.25, 0.3) is 4.85 Å². The van der Waals surface area contributed by atoms with E-state index >= 15 is 0 Å². The van der Waals surface area contributed by atoms with E-state index in [1.807, 2.05) is 26.8 Å². The zero-order valence-electron chi connectivity index (χ0n) is 18.4. The average molecular weight is 411 g/mol. The van der Waals surface area contributed by atoms with Crippen molar-refractivity contribution in [3.63, 3.8) is 0 Å². The number of carbonyl (C=O) groups excluding carboxylic acids is 1. The number of allylic oxidation sites excluding steroid dienone is 2. The van der Waals surface area contributed by atoms with Gasteiger partial charge in [-0.2, -0.15) is 4.85 Å². The van der Waals surface area contributed by atoms with Crippen LogP contribution in [0.3, 0.4) is 0 Å². The highest BCUT2D eigenvalue weighted by atomic mass is 16.6. The first-order valence-electron chi connectivity index (χ1n) is 9.85. The Bertz CT molecular complexity index is 586. The van der Waals surface area contributed by atoms with E-state index in [1.165, 1.54) is 0 Å². The quantitative estimate of drug-likeness (QED) is 0.153. The van der Waals surface area contributed by atoms with E-state index in [2.05, 4.69) is 22.1 Å². The second-order valence-electron chi connectivity index (χ2n) is 7.02. The molecule has 0 spiro atoms. The largest absolute Gasteiger partial charge is 0.491 e. The number of alkyl carbamates (subject to hydrolysis) is 1. The number of aliphatic imine (C=N–C) groups is 1. The number of rotatable bonds is 14. The predicted octanol–water partition coefficient (Wildman–Crippen LogP) is 4.14. The predicted molar refractivity (Wildman–Crippen MR) is 115 cm³/mol. The van der Waals surface area contributed by atoms with Crippen LogP contribution >= 0.6 is 0 Å². The Morgan fingerprint density at radius 2 is 1.79 bits per heavy atom. The molecule has 8 heteroatoms. The topological polar surface area (TPSA) is 82.7 Å². The molecule has 0 unspecified atom stereocenters. The first kappa shape index (κ1) is 26.6. The molecule has 0 aromatic rings. The van der Waals surface area contributed by atoms with Crippen molar-refractivity contribution in [2.75, 3.05) is 39.6 Å². The van der Waals surface area contributed by atoms with Gasteiger partial charge in [0.05, 0.1) is 33.4 Å². The fourth-order valence-electron chi connectivity index (χ4n) is 1.79. The molecule has 0 aromatic carbocycles. The molecular formula is C21H36N3O5+. The Kier molecular flexibility index (Phi) is 15.2. The van der Waals surface area contributed by atoms with Crippen molar-refractivity contribution >= 4 is 11.9 Å². The third-order valence-corrected chi connectivity index (χ3v) is 3.10. The minimum absolute atomic E-state index is 0.384. The molecule has 0 aliphatic rings. The lowest BCUT2D eigenvalue weighted by molar-refractivity contribution is 0.0262.